The predicted molar refractivity (Wildman–Crippen MR) is 34.1 cm³/mol. The maximum atomic E-state index is 10.5. The zero-order chi connectivity index (χ0) is 7.28. The minimum atomic E-state index is -0.231. The van der Waals surface area contributed by atoms with Crippen LogP contribution in [0.1, 0.15) is 13.3 Å². The molecule has 0 bridgehead atoms. The number of hydrogen-bond donors (Lipinski definition) is 0. The number of carbonyl (C=O) groups excluding carboxylic acids is 1. The molecule has 0 heterocycles. The van der Waals surface area contributed by atoms with Crippen molar-refractivity contribution in [3.05, 3.63) is 17.7 Å². The average molecular weight is 124 g/mol. The molecule has 0 aliphatic rings. The summed E-state index contributed by atoms with van der Waals surface area (Å²) in [5.74, 6) is -0.231. The molecule has 0 radical (unpaired) electrons. The van der Waals surface area contributed by atoms with E-state index in [9.17, 15) is 4.79 Å². The molecular weight excluding hydrogens is 116 g/mol. The first-order valence-corrected chi connectivity index (χ1v) is 2.51. The van der Waals surface area contributed by atoms with Crippen molar-refractivity contribution in [2.75, 3.05) is 0 Å². The first kappa shape index (κ1) is 7.79. The molecule has 0 aromatic rings. The third-order valence-electron chi connectivity index (χ3n) is 0.678. The van der Waals surface area contributed by atoms with Gasteiger partial charge in [0.1, 0.15) is 0 Å². The van der Waals surface area contributed by atoms with Gasteiger partial charge in [-0.15, -0.1) is 0 Å². The molecule has 0 amide bonds. The van der Waals surface area contributed by atoms with E-state index in [1.165, 1.54) is 0 Å². The van der Waals surface area contributed by atoms with E-state index in [1.54, 1.807) is 6.92 Å². The van der Waals surface area contributed by atoms with E-state index in [-0.39, 0.29) is 12.2 Å². The molecule has 0 fully saturated rings. The van der Waals surface area contributed by atoms with Gasteiger partial charge in [-0.1, -0.05) is 12.2 Å². The fourth-order valence-corrected chi connectivity index (χ4v) is 0.407. The van der Waals surface area contributed by atoms with Crippen LogP contribution in [0.4, 0.5) is 0 Å². The highest BCUT2D eigenvalue weighted by Gasteiger charge is 2.00. The lowest BCUT2D eigenvalue weighted by atomic mass is 10.2. The molecule has 0 saturated heterocycles. The molecule has 0 aliphatic heterocycles. The zero-order valence-electron chi connectivity index (χ0n) is 5.29. The van der Waals surface area contributed by atoms with Gasteiger partial charge < -0.3 is 5.53 Å². The number of ketones is 1. The summed E-state index contributed by atoms with van der Waals surface area (Å²) in [5, 5.41) is 0. The third kappa shape index (κ3) is 4.65. The Morgan fingerprint density at radius 2 is 2.44 bits per heavy atom. The highest BCUT2D eigenvalue weighted by Crippen LogP contribution is 1.93. The second kappa shape index (κ2) is 3.75. The summed E-state index contributed by atoms with van der Waals surface area (Å²) >= 11 is 0. The van der Waals surface area contributed by atoms with Crippen molar-refractivity contribution >= 4 is 12.0 Å². The molecular formula is C6H8N2O. The van der Waals surface area contributed by atoms with Crippen molar-refractivity contribution in [1.82, 2.24) is 0 Å². The van der Waals surface area contributed by atoms with Crippen LogP contribution < -0.4 is 0 Å². The Hall–Kier alpha value is -1.21. The summed E-state index contributed by atoms with van der Waals surface area (Å²) < 4.78 is 0. The highest BCUT2D eigenvalue weighted by molar-refractivity contribution is 6.25. The van der Waals surface area contributed by atoms with E-state index in [0.29, 0.717) is 0 Å². The Kier molecular flexibility index (Phi) is 3.25. The standard InChI is InChI=1S/C6H8N2O/c1-5(2)3-6(9)4-8-7/h4H,1,3H2,2H3. The Labute approximate surface area is 53.6 Å². The van der Waals surface area contributed by atoms with Gasteiger partial charge in [-0.05, 0) is 6.92 Å². The van der Waals surface area contributed by atoms with Crippen molar-refractivity contribution in [2.24, 2.45) is 0 Å². The maximum absolute atomic E-state index is 10.5. The monoisotopic (exact) mass is 124 g/mol. The van der Waals surface area contributed by atoms with E-state index >= 15 is 0 Å². The SMILES string of the molecule is C=C(C)CC(=O)C=[N+]=[N-]. The fourth-order valence-electron chi connectivity index (χ4n) is 0.407. The van der Waals surface area contributed by atoms with E-state index in [0.717, 1.165) is 11.8 Å². The fraction of sp³-hybridized carbons (Fsp3) is 0.333. The lowest BCUT2D eigenvalue weighted by molar-refractivity contribution is -0.115. The average Bonchev–Trinajstić information content (AvgIpc) is 1.63. The van der Waals surface area contributed by atoms with Crippen LogP contribution in [0.2, 0.25) is 0 Å². The summed E-state index contributed by atoms with van der Waals surface area (Å²) in [4.78, 5) is 13.1. The van der Waals surface area contributed by atoms with Gasteiger partial charge in [0.05, 0.1) is 0 Å². The van der Waals surface area contributed by atoms with Crippen LogP contribution in [0.25, 0.3) is 5.53 Å². The van der Waals surface area contributed by atoms with Crippen molar-refractivity contribution in [1.29, 1.82) is 0 Å². The summed E-state index contributed by atoms with van der Waals surface area (Å²) in [6, 6.07) is 0. The van der Waals surface area contributed by atoms with Crippen LogP contribution in [0.3, 0.4) is 0 Å². The maximum Gasteiger partial charge on any atom is 0.323 e. The second-order valence-electron chi connectivity index (χ2n) is 1.84. The number of hydrogen-bond acceptors (Lipinski definition) is 1. The normalized spacial score (nSPS) is 7.67. The number of nitrogens with zero attached hydrogens (tertiary/aromatic N) is 2. The topological polar surface area (TPSA) is 53.5 Å². The lowest BCUT2D eigenvalue weighted by Crippen LogP contribution is -1.98. The van der Waals surface area contributed by atoms with Gasteiger partial charge in [-0.25, -0.2) is 0 Å². The summed E-state index contributed by atoms with van der Waals surface area (Å²) in [7, 11) is 0. The molecule has 0 atom stereocenters. The summed E-state index contributed by atoms with van der Waals surface area (Å²) in [6.45, 7) is 5.25. The number of allylic oxidation sites excluding steroid dienone is 1. The van der Waals surface area contributed by atoms with Crippen LogP contribution in [0, 0.1) is 0 Å². The molecule has 0 rings (SSSR count). The van der Waals surface area contributed by atoms with Crippen LogP contribution in [-0.2, 0) is 4.79 Å². The van der Waals surface area contributed by atoms with Gasteiger partial charge in [0.2, 0.25) is 5.78 Å². The zero-order valence-corrected chi connectivity index (χ0v) is 5.29. The summed E-state index contributed by atoms with van der Waals surface area (Å²) in [5.41, 5.74) is 8.63. The molecule has 0 unspecified atom stereocenters. The van der Waals surface area contributed by atoms with Gasteiger partial charge in [0.15, 0.2) is 0 Å². The molecule has 0 N–H and O–H groups in total. The predicted octanol–water partition coefficient (Wildman–Crippen LogP) is 0.822. The smallest absolute Gasteiger partial charge is 0.323 e. The van der Waals surface area contributed by atoms with Crippen molar-refractivity contribution in [3.63, 3.8) is 0 Å². The highest BCUT2D eigenvalue weighted by atomic mass is 16.1. The van der Waals surface area contributed by atoms with Crippen molar-refractivity contribution < 1.29 is 9.58 Å². The minimum absolute atomic E-state index is 0.231. The van der Waals surface area contributed by atoms with Gasteiger partial charge >= 0.3 is 6.21 Å². The van der Waals surface area contributed by atoms with Crippen LogP contribution >= 0.6 is 0 Å². The Bertz CT molecular complexity index is 177. The number of carbonyl (C=O) groups is 1. The second-order valence-corrected chi connectivity index (χ2v) is 1.84. The molecule has 0 saturated carbocycles. The largest absolute Gasteiger partial charge is 0.361 e. The van der Waals surface area contributed by atoms with E-state index in [2.05, 4.69) is 11.4 Å². The Morgan fingerprint density at radius 1 is 1.89 bits per heavy atom. The summed E-state index contributed by atoms with van der Waals surface area (Å²) in [6.07, 6.45) is 1.12. The van der Waals surface area contributed by atoms with Gasteiger partial charge in [-0.2, -0.15) is 4.79 Å². The van der Waals surface area contributed by atoms with Gasteiger partial charge in [-0.3, -0.25) is 4.79 Å². The lowest BCUT2D eigenvalue weighted by Gasteiger charge is -1.85. The number of Topliss-reactive ketones (excluding diaryl/α,β-unsaturated/α-hetero) is 1. The van der Waals surface area contributed by atoms with Crippen LogP contribution in [0.15, 0.2) is 12.2 Å². The molecule has 0 spiro atoms. The number of rotatable bonds is 3. The minimum Gasteiger partial charge on any atom is -0.361 e. The van der Waals surface area contributed by atoms with Crippen molar-refractivity contribution in [2.45, 2.75) is 13.3 Å². The van der Waals surface area contributed by atoms with E-state index in [1.807, 2.05) is 0 Å². The van der Waals surface area contributed by atoms with E-state index in [4.69, 9.17) is 5.53 Å². The molecule has 0 aromatic heterocycles. The quantitative estimate of drug-likeness (QED) is 0.238. The Morgan fingerprint density at radius 3 is 2.78 bits per heavy atom. The third-order valence-corrected chi connectivity index (χ3v) is 0.678. The molecule has 48 valence electrons. The molecule has 0 aliphatic carbocycles. The van der Waals surface area contributed by atoms with Crippen LogP contribution in [0.5, 0.6) is 0 Å². The van der Waals surface area contributed by atoms with Gasteiger partial charge in [0.25, 0.3) is 0 Å². The van der Waals surface area contributed by atoms with Crippen molar-refractivity contribution in [3.8, 4) is 0 Å². The van der Waals surface area contributed by atoms with Crippen LogP contribution in [-0.4, -0.2) is 16.8 Å². The van der Waals surface area contributed by atoms with E-state index < -0.39 is 0 Å². The van der Waals surface area contributed by atoms with Gasteiger partial charge in [0, 0.05) is 6.42 Å². The molecule has 3 nitrogen and oxygen atoms in total. The first-order valence-electron chi connectivity index (χ1n) is 2.51. The molecule has 3 heteroatoms. The molecule has 9 heavy (non-hydrogen) atoms. The first-order chi connectivity index (χ1) is 4.16. The molecule has 0 aromatic carbocycles. The Balaban J connectivity index is 3.78.